The molecule has 5 nitrogen and oxygen atoms in total. The Hall–Kier alpha value is -1.59. The third-order valence-electron chi connectivity index (χ3n) is 4.18. The molecule has 102 valence electrons. The number of amides is 1. The molecule has 1 saturated heterocycles. The van der Waals surface area contributed by atoms with Gasteiger partial charge in [-0.1, -0.05) is 0 Å². The normalized spacial score (nSPS) is 33.1. The minimum atomic E-state index is -0.414. The molecule has 0 radical (unpaired) electrons. The van der Waals surface area contributed by atoms with Crippen LogP contribution in [0.2, 0.25) is 0 Å². The Bertz CT molecular complexity index is 474. The van der Waals surface area contributed by atoms with Gasteiger partial charge >= 0.3 is 0 Å². The van der Waals surface area contributed by atoms with Crippen molar-refractivity contribution in [2.75, 3.05) is 11.9 Å². The summed E-state index contributed by atoms with van der Waals surface area (Å²) < 4.78 is 5.78. The van der Waals surface area contributed by atoms with Crippen LogP contribution in [0, 0.1) is 5.92 Å². The number of carbonyl (C=O) groups is 1. The molecule has 0 bridgehead atoms. The van der Waals surface area contributed by atoms with Gasteiger partial charge in [0.1, 0.15) is 0 Å². The Kier molecular flexibility index (Phi) is 3.16. The van der Waals surface area contributed by atoms with Crippen molar-refractivity contribution in [1.82, 2.24) is 0 Å². The van der Waals surface area contributed by atoms with E-state index in [-0.39, 0.29) is 18.2 Å². The Morgan fingerprint density at radius 2 is 2.05 bits per heavy atom. The molecule has 3 rings (SSSR count). The monoisotopic (exact) mass is 261 g/mol. The first-order chi connectivity index (χ1) is 9.16. The van der Waals surface area contributed by atoms with Gasteiger partial charge in [0.15, 0.2) is 0 Å². The highest BCUT2D eigenvalue weighted by Crippen LogP contribution is 2.38. The first-order valence-corrected chi connectivity index (χ1v) is 6.70. The lowest BCUT2D eigenvalue weighted by molar-refractivity contribution is -0.104. The van der Waals surface area contributed by atoms with Crippen LogP contribution in [0.25, 0.3) is 0 Å². The van der Waals surface area contributed by atoms with E-state index >= 15 is 0 Å². The van der Waals surface area contributed by atoms with Crippen molar-refractivity contribution < 1.29 is 9.53 Å². The van der Waals surface area contributed by atoms with Gasteiger partial charge in [0.2, 0.25) is 5.91 Å². The highest BCUT2D eigenvalue weighted by Gasteiger charge is 2.50. The van der Waals surface area contributed by atoms with E-state index in [0.717, 1.165) is 25.1 Å². The molecule has 2 fully saturated rings. The van der Waals surface area contributed by atoms with E-state index in [1.54, 1.807) is 12.1 Å². The van der Waals surface area contributed by atoms with E-state index in [0.29, 0.717) is 11.5 Å². The van der Waals surface area contributed by atoms with Crippen molar-refractivity contribution in [1.29, 1.82) is 0 Å². The SMILES string of the molecule is NC(=O)c1ccc(NC2C(N)C3CCCOC32)cc1. The topological polar surface area (TPSA) is 90.4 Å². The number of hydrogen-bond donors (Lipinski definition) is 3. The maximum Gasteiger partial charge on any atom is 0.248 e. The first kappa shape index (κ1) is 12.4. The van der Waals surface area contributed by atoms with Gasteiger partial charge in [-0.15, -0.1) is 0 Å². The van der Waals surface area contributed by atoms with Crippen molar-refractivity contribution in [3.05, 3.63) is 29.8 Å². The van der Waals surface area contributed by atoms with Gasteiger partial charge in [-0.2, -0.15) is 0 Å². The van der Waals surface area contributed by atoms with Crippen molar-refractivity contribution >= 4 is 11.6 Å². The summed E-state index contributed by atoms with van der Waals surface area (Å²) in [5.74, 6) is 0.0683. The molecule has 5 heteroatoms. The summed E-state index contributed by atoms with van der Waals surface area (Å²) in [5, 5.41) is 3.39. The zero-order valence-electron chi connectivity index (χ0n) is 10.7. The first-order valence-electron chi connectivity index (χ1n) is 6.70. The molecule has 1 aliphatic carbocycles. The van der Waals surface area contributed by atoms with Crippen LogP contribution in [-0.4, -0.2) is 30.7 Å². The Balaban J connectivity index is 1.66. The van der Waals surface area contributed by atoms with Gasteiger partial charge in [-0.25, -0.2) is 0 Å². The minimum Gasteiger partial charge on any atom is -0.378 e. The average Bonchev–Trinajstić information content (AvgIpc) is 2.45. The number of nitrogens with one attached hydrogen (secondary N) is 1. The third-order valence-corrected chi connectivity index (χ3v) is 4.18. The second-order valence-electron chi connectivity index (χ2n) is 5.33. The van der Waals surface area contributed by atoms with Gasteiger partial charge in [0.25, 0.3) is 0 Å². The second kappa shape index (κ2) is 4.83. The van der Waals surface area contributed by atoms with Gasteiger partial charge in [0.05, 0.1) is 12.1 Å². The maximum atomic E-state index is 11.0. The highest BCUT2D eigenvalue weighted by molar-refractivity contribution is 5.93. The number of anilines is 1. The van der Waals surface area contributed by atoms with Crippen LogP contribution in [0.15, 0.2) is 24.3 Å². The molecule has 5 N–H and O–H groups in total. The molecule has 1 heterocycles. The van der Waals surface area contributed by atoms with Crippen molar-refractivity contribution in [3.8, 4) is 0 Å². The smallest absolute Gasteiger partial charge is 0.248 e. The maximum absolute atomic E-state index is 11.0. The lowest BCUT2D eigenvalue weighted by Crippen LogP contribution is -2.69. The lowest BCUT2D eigenvalue weighted by atomic mass is 9.68. The minimum absolute atomic E-state index is 0.140. The molecule has 1 aliphatic heterocycles. The van der Waals surface area contributed by atoms with Gasteiger partial charge in [0, 0.05) is 29.8 Å². The molecule has 0 spiro atoms. The summed E-state index contributed by atoms with van der Waals surface area (Å²) in [6, 6.07) is 7.43. The number of benzene rings is 1. The number of rotatable bonds is 3. The molecule has 1 saturated carbocycles. The number of hydrogen-bond acceptors (Lipinski definition) is 4. The molecular formula is C14H19N3O2. The molecule has 1 aromatic carbocycles. The summed E-state index contributed by atoms with van der Waals surface area (Å²) in [6.07, 6.45) is 2.49. The summed E-state index contributed by atoms with van der Waals surface area (Å²) in [4.78, 5) is 11.0. The largest absolute Gasteiger partial charge is 0.378 e. The van der Waals surface area contributed by atoms with Crippen LogP contribution >= 0.6 is 0 Å². The average molecular weight is 261 g/mol. The molecule has 1 amide bonds. The Morgan fingerprint density at radius 1 is 1.32 bits per heavy atom. The van der Waals surface area contributed by atoms with Crippen LogP contribution in [0.1, 0.15) is 23.2 Å². The zero-order valence-corrected chi connectivity index (χ0v) is 10.7. The van der Waals surface area contributed by atoms with Gasteiger partial charge < -0.3 is 21.5 Å². The van der Waals surface area contributed by atoms with Crippen LogP contribution < -0.4 is 16.8 Å². The van der Waals surface area contributed by atoms with Crippen molar-refractivity contribution in [3.63, 3.8) is 0 Å². The number of carbonyl (C=O) groups excluding carboxylic acids is 1. The standard InChI is InChI=1S/C14H19N3O2/c15-11-10-2-1-7-19-13(10)12(11)17-9-5-3-8(4-6-9)14(16)18/h3-6,10-13,17H,1-2,7,15H2,(H2,16,18). The molecule has 4 atom stereocenters. The van der Waals surface area contributed by atoms with Crippen molar-refractivity contribution in [2.24, 2.45) is 17.4 Å². The second-order valence-corrected chi connectivity index (χ2v) is 5.33. The fraction of sp³-hybridized carbons (Fsp3) is 0.500. The van der Waals surface area contributed by atoms with Gasteiger partial charge in [-0.3, -0.25) is 4.79 Å². The molecular weight excluding hydrogens is 242 g/mol. The number of nitrogens with two attached hydrogens (primary N) is 2. The predicted octanol–water partition coefficient (Wildman–Crippen LogP) is 0.702. The Morgan fingerprint density at radius 3 is 2.74 bits per heavy atom. The highest BCUT2D eigenvalue weighted by atomic mass is 16.5. The zero-order chi connectivity index (χ0) is 13.4. The number of primary amides is 1. The molecule has 0 aromatic heterocycles. The summed E-state index contributed by atoms with van der Waals surface area (Å²) in [7, 11) is 0. The predicted molar refractivity (Wildman–Crippen MR) is 72.8 cm³/mol. The van der Waals surface area contributed by atoms with E-state index in [2.05, 4.69) is 5.32 Å². The molecule has 2 aliphatic rings. The van der Waals surface area contributed by atoms with Gasteiger partial charge in [-0.05, 0) is 37.1 Å². The van der Waals surface area contributed by atoms with E-state index in [9.17, 15) is 4.79 Å². The van der Waals surface area contributed by atoms with Crippen molar-refractivity contribution in [2.45, 2.75) is 31.0 Å². The lowest BCUT2D eigenvalue weighted by Gasteiger charge is -2.52. The summed E-state index contributed by atoms with van der Waals surface area (Å²) >= 11 is 0. The van der Waals surface area contributed by atoms with E-state index in [4.69, 9.17) is 16.2 Å². The quantitative estimate of drug-likeness (QED) is 0.747. The van der Waals surface area contributed by atoms with Crippen LogP contribution in [0.4, 0.5) is 5.69 Å². The van der Waals surface area contributed by atoms with E-state index in [1.165, 1.54) is 0 Å². The van der Waals surface area contributed by atoms with E-state index in [1.807, 2.05) is 12.1 Å². The number of ether oxygens (including phenoxy) is 1. The van der Waals surface area contributed by atoms with E-state index < -0.39 is 5.91 Å². The molecule has 4 unspecified atom stereocenters. The fourth-order valence-electron chi connectivity index (χ4n) is 3.05. The summed E-state index contributed by atoms with van der Waals surface area (Å²) in [6.45, 7) is 0.826. The number of fused-ring (bicyclic) bond motifs is 1. The fourth-order valence-corrected chi connectivity index (χ4v) is 3.05. The van der Waals surface area contributed by atoms with Crippen LogP contribution in [-0.2, 0) is 4.74 Å². The van der Waals surface area contributed by atoms with Crippen LogP contribution in [0.3, 0.4) is 0 Å². The Labute approximate surface area is 112 Å². The molecule has 1 aromatic rings. The molecule has 19 heavy (non-hydrogen) atoms. The third kappa shape index (κ3) is 2.19. The summed E-state index contributed by atoms with van der Waals surface area (Å²) in [5.41, 5.74) is 12.9. The van der Waals surface area contributed by atoms with Crippen LogP contribution in [0.5, 0.6) is 0 Å².